The Hall–Kier alpha value is -3.81. The van der Waals surface area contributed by atoms with Crippen LogP contribution in [0.25, 0.3) is 22.3 Å². The molecule has 1 aromatic carbocycles. The van der Waals surface area contributed by atoms with Gasteiger partial charge in [0.2, 0.25) is 0 Å². The number of pyridine rings is 1. The van der Waals surface area contributed by atoms with E-state index < -0.39 is 0 Å². The number of H-pyrrole nitrogens is 1. The van der Waals surface area contributed by atoms with E-state index in [-0.39, 0.29) is 17.5 Å². The molecule has 1 saturated heterocycles. The number of carbonyl (C=O) groups is 1. The van der Waals surface area contributed by atoms with Crippen LogP contribution >= 0.6 is 0 Å². The fourth-order valence-electron chi connectivity index (χ4n) is 3.98. The molecule has 0 bridgehead atoms. The van der Waals surface area contributed by atoms with Crippen molar-refractivity contribution in [3.05, 3.63) is 77.1 Å². The molecule has 0 saturated carbocycles. The van der Waals surface area contributed by atoms with Crippen molar-refractivity contribution in [2.45, 2.75) is 25.4 Å². The first kappa shape index (κ1) is 18.2. The van der Waals surface area contributed by atoms with E-state index in [1.165, 1.54) is 10.7 Å². The van der Waals surface area contributed by atoms with Gasteiger partial charge < -0.3 is 9.88 Å². The molecule has 1 N–H and O–H groups in total. The molecule has 1 aliphatic rings. The Balaban J connectivity index is 1.40. The van der Waals surface area contributed by atoms with Crippen LogP contribution in [0.5, 0.6) is 0 Å². The molecule has 8 heteroatoms. The summed E-state index contributed by atoms with van der Waals surface area (Å²) in [6.45, 7) is 1.04. The number of hydrogen-bond donors (Lipinski definition) is 1. The van der Waals surface area contributed by atoms with Gasteiger partial charge in [0.15, 0.2) is 0 Å². The zero-order valence-electron chi connectivity index (χ0n) is 16.2. The van der Waals surface area contributed by atoms with Crippen LogP contribution in [0.1, 0.15) is 23.2 Å². The first-order valence-corrected chi connectivity index (χ1v) is 9.92. The van der Waals surface area contributed by atoms with Crippen molar-refractivity contribution in [2.75, 3.05) is 6.54 Å². The number of amides is 1. The number of likely N-dealkylation sites (tertiary alicyclic amines) is 1. The second-order valence-corrected chi connectivity index (χ2v) is 7.40. The lowest BCUT2D eigenvalue weighted by molar-refractivity contribution is 0.0720. The summed E-state index contributed by atoms with van der Waals surface area (Å²) >= 11 is 0. The van der Waals surface area contributed by atoms with Gasteiger partial charge in [-0.05, 0) is 49.2 Å². The van der Waals surface area contributed by atoms with Gasteiger partial charge in [-0.2, -0.15) is 5.10 Å². The molecule has 3 aromatic heterocycles. The molecule has 0 aliphatic carbocycles. The quantitative estimate of drug-likeness (QED) is 0.568. The summed E-state index contributed by atoms with van der Waals surface area (Å²) in [5, 5.41) is 4.53. The average Bonchev–Trinajstić information content (AvgIpc) is 3.44. The zero-order chi connectivity index (χ0) is 20.5. The van der Waals surface area contributed by atoms with E-state index in [1.54, 1.807) is 30.9 Å². The lowest BCUT2D eigenvalue weighted by atomic mass is 10.1. The number of nitrogens with zero attached hydrogens (tertiary/aromatic N) is 5. The number of hydrogen-bond acceptors (Lipinski definition) is 5. The van der Waals surface area contributed by atoms with Crippen LogP contribution in [-0.2, 0) is 6.54 Å². The first-order chi connectivity index (χ1) is 14.7. The third-order valence-corrected chi connectivity index (χ3v) is 5.53. The number of carbonyl (C=O) groups excluding carboxylic acids is 1. The number of fused-ring (bicyclic) bond motifs is 1. The second-order valence-electron chi connectivity index (χ2n) is 7.40. The van der Waals surface area contributed by atoms with E-state index in [0.29, 0.717) is 24.3 Å². The summed E-state index contributed by atoms with van der Waals surface area (Å²) in [5.74, 6) is -0.0349. The fraction of sp³-hybridized carbons (Fsp3) is 0.227. The highest BCUT2D eigenvalue weighted by atomic mass is 16.2. The van der Waals surface area contributed by atoms with Crippen LogP contribution in [0.4, 0.5) is 0 Å². The maximum absolute atomic E-state index is 13.2. The van der Waals surface area contributed by atoms with Crippen molar-refractivity contribution in [1.82, 2.24) is 29.6 Å². The number of rotatable bonds is 4. The summed E-state index contributed by atoms with van der Waals surface area (Å²) in [5.41, 5.74) is 3.70. The molecule has 4 heterocycles. The zero-order valence-corrected chi connectivity index (χ0v) is 16.2. The van der Waals surface area contributed by atoms with E-state index in [9.17, 15) is 9.59 Å². The predicted octanol–water partition coefficient (Wildman–Crippen LogP) is 2.49. The van der Waals surface area contributed by atoms with Crippen molar-refractivity contribution >= 4 is 16.9 Å². The normalized spacial score (nSPS) is 16.3. The van der Waals surface area contributed by atoms with E-state index in [4.69, 9.17) is 0 Å². The third-order valence-electron chi connectivity index (χ3n) is 5.53. The Morgan fingerprint density at radius 3 is 2.87 bits per heavy atom. The lowest BCUT2D eigenvalue weighted by Gasteiger charge is -2.25. The number of benzene rings is 1. The SMILES string of the molecule is O=C(c1ccc2nc[nH]c2c1)N1CCCC1Cn1nc(-c2ccncc2)ccc1=O. The molecule has 0 spiro atoms. The van der Waals surface area contributed by atoms with Crippen molar-refractivity contribution in [3.63, 3.8) is 0 Å². The molecule has 8 nitrogen and oxygen atoms in total. The largest absolute Gasteiger partial charge is 0.345 e. The third kappa shape index (κ3) is 3.36. The Kier molecular flexibility index (Phi) is 4.59. The first-order valence-electron chi connectivity index (χ1n) is 9.92. The summed E-state index contributed by atoms with van der Waals surface area (Å²) < 4.78 is 1.46. The Bertz CT molecular complexity index is 1260. The topological polar surface area (TPSA) is 96.8 Å². The molecule has 150 valence electrons. The van der Waals surface area contributed by atoms with Gasteiger partial charge >= 0.3 is 0 Å². The molecule has 4 aromatic rings. The van der Waals surface area contributed by atoms with Crippen molar-refractivity contribution in [3.8, 4) is 11.3 Å². The number of aromatic nitrogens is 5. The van der Waals surface area contributed by atoms with Gasteiger partial charge in [-0.15, -0.1) is 0 Å². The fourth-order valence-corrected chi connectivity index (χ4v) is 3.98. The van der Waals surface area contributed by atoms with Crippen LogP contribution < -0.4 is 5.56 Å². The number of imidazole rings is 1. The Morgan fingerprint density at radius 1 is 1.13 bits per heavy atom. The molecule has 1 aliphatic heterocycles. The molecular formula is C22H20N6O2. The molecule has 1 atom stereocenters. The van der Waals surface area contributed by atoms with Gasteiger partial charge in [-0.1, -0.05) is 0 Å². The van der Waals surface area contributed by atoms with Crippen LogP contribution in [0.15, 0.2) is 66.0 Å². The molecule has 1 amide bonds. The van der Waals surface area contributed by atoms with Crippen molar-refractivity contribution < 1.29 is 4.79 Å². The minimum atomic E-state index is -0.175. The number of nitrogens with one attached hydrogen (secondary N) is 1. The van der Waals surface area contributed by atoms with Gasteiger partial charge in [-0.3, -0.25) is 14.6 Å². The standard InChI is InChI=1S/C22H20N6O2/c29-21-6-5-18(15-7-9-23-10-8-15)26-28(21)13-17-2-1-11-27(17)22(30)16-3-4-19-20(12-16)25-14-24-19/h3-10,12,14,17H,1-2,11,13H2,(H,24,25). The van der Waals surface area contributed by atoms with Crippen molar-refractivity contribution in [2.24, 2.45) is 0 Å². The molecular weight excluding hydrogens is 380 g/mol. The highest BCUT2D eigenvalue weighted by molar-refractivity contribution is 5.97. The number of aromatic amines is 1. The average molecular weight is 400 g/mol. The smallest absolute Gasteiger partial charge is 0.266 e. The molecule has 30 heavy (non-hydrogen) atoms. The summed E-state index contributed by atoms with van der Waals surface area (Å²) in [7, 11) is 0. The van der Waals surface area contributed by atoms with Crippen LogP contribution in [0.2, 0.25) is 0 Å². The minimum absolute atomic E-state index is 0.0349. The Labute approximate surface area is 172 Å². The van der Waals surface area contributed by atoms with Crippen LogP contribution in [0, 0.1) is 0 Å². The maximum atomic E-state index is 13.2. The monoisotopic (exact) mass is 400 g/mol. The van der Waals surface area contributed by atoms with Gasteiger partial charge in [-0.25, -0.2) is 9.67 Å². The van der Waals surface area contributed by atoms with Gasteiger partial charge in [0.1, 0.15) is 0 Å². The van der Waals surface area contributed by atoms with Crippen LogP contribution in [0.3, 0.4) is 0 Å². The van der Waals surface area contributed by atoms with Crippen molar-refractivity contribution in [1.29, 1.82) is 0 Å². The Morgan fingerprint density at radius 2 is 2.00 bits per heavy atom. The molecule has 5 rings (SSSR count). The molecule has 1 unspecified atom stereocenters. The minimum Gasteiger partial charge on any atom is -0.345 e. The lowest BCUT2D eigenvalue weighted by Crippen LogP contribution is -2.40. The maximum Gasteiger partial charge on any atom is 0.266 e. The summed E-state index contributed by atoms with van der Waals surface area (Å²) in [6.07, 6.45) is 6.75. The summed E-state index contributed by atoms with van der Waals surface area (Å²) in [4.78, 5) is 38.7. The van der Waals surface area contributed by atoms with Crippen LogP contribution in [-0.4, -0.2) is 48.1 Å². The van der Waals surface area contributed by atoms with Gasteiger partial charge in [0, 0.05) is 36.1 Å². The van der Waals surface area contributed by atoms with E-state index in [0.717, 1.165) is 29.4 Å². The van der Waals surface area contributed by atoms with Gasteiger partial charge in [0.25, 0.3) is 11.5 Å². The summed E-state index contributed by atoms with van der Waals surface area (Å²) in [6, 6.07) is 12.3. The van der Waals surface area contributed by atoms with E-state index in [2.05, 4.69) is 20.1 Å². The highest BCUT2D eigenvalue weighted by Crippen LogP contribution is 2.23. The molecule has 0 radical (unpaired) electrons. The second kappa shape index (κ2) is 7.55. The van der Waals surface area contributed by atoms with E-state index >= 15 is 0 Å². The highest BCUT2D eigenvalue weighted by Gasteiger charge is 2.30. The predicted molar refractivity (Wildman–Crippen MR) is 112 cm³/mol. The van der Waals surface area contributed by atoms with E-state index in [1.807, 2.05) is 29.2 Å². The molecule has 1 fully saturated rings. The van der Waals surface area contributed by atoms with Gasteiger partial charge in [0.05, 0.1) is 35.6 Å².